The first-order chi connectivity index (χ1) is 10.5. The molecular formula is C14H14ClF2N3OS. The van der Waals surface area contributed by atoms with Gasteiger partial charge in [-0.1, -0.05) is 29.4 Å². The number of halogens is 3. The first-order valence-electron chi connectivity index (χ1n) is 6.46. The Labute approximate surface area is 135 Å². The van der Waals surface area contributed by atoms with Gasteiger partial charge in [-0.25, -0.2) is 0 Å². The third kappa shape index (κ3) is 4.71. The molecule has 0 saturated carbocycles. The molecule has 0 bridgehead atoms. The summed E-state index contributed by atoms with van der Waals surface area (Å²) in [4.78, 5) is 12.1. The Hall–Kier alpha value is -1.60. The van der Waals surface area contributed by atoms with Crippen LogP contribution in [-0.2, 0) is 18.3 Å². The standard InChI is InChI=1S/C14H14ClF2N3OS/c1-20-8-9(7-18-20)5-6-12(21)19-11-4-2-3-10(15)13(11)22-14(16)17/h2-4,7-8,14H,5-6H2,1H3,(H,19,21). The second-order valence-corrected chi connectivity index (χ2v) is 5.97. The van der Waals surface area contributed by atoms with Gasteiger partial charge < -0.3 is 5.32 Å². The number of aryl methyl sites for hydroxylation is 2. The smallest absolute Gasteiger partial charge is 0.289 e. The summed E-state index contributed by atoms with van der Waals surface area (Å²) in [5.74, 6) is -2.87. The fourth-order valence-corrected chi connectivity index (χ4v) is 2.80. The minimum atomic E-state index is -2.61. The predicted octanol–water partition coefficient (Wildman–Crippen LogP) is 3.96. The summed E-state index contributed by atoms with van der Waals surface area (Å²) < 4.78 is 26.8. The van der Waals surface area contributed by atoms with E-state index < -0.39 is 5.76 Å². The zero-order valence-corrected chi connectivity index (χ0v) is 13.3. The molecule has 0 atom stereocenters. The minimum Gasteiger partial charge on any atom is -0.325 e. The number of amides is 1. The number of aromatic nitrogens is 2. The highest BCUT2D eigenvalue weighted by molar-refractivity contribution is 7.99. The number of nitrogens with zero attached hydrogens (tertiary/aromatic N) is 2. The lowest BCUT2D eigenvalue weighted by Gasteiger charge is -2.11. The highest BCUT2D eigenvalue weighted by Crippen LogP contribution is 2.37. The third-order valence-electron chi connectivity index (χ3n) is 2.85. The SMILES string of the molecule is Cn1cc(CCC(=O)Nc2cccc(Cl)c2SC(F)F)cn1. The van der Waals surface area contributed by atoms with E-state index in [0.717, 1.165) is 5.56 Å². The van der Waals surface area contributed by atoms with Crippen LogP contribution in [0.15, 0.2) is 35.5 Å². The number of alkyl halides is 2. The van der Waals surface area contributed by atoms with Gasteiger partial charge in [0, 0.05) is 19.7 Å². The number of nitrogens with one attached hydrogen (secondary N) is 1. The Morgan fingerprint density at radius 2 is 2.27 bits per heavy atom. The number of benzene rings is 1. The van der Waals surface area contributed by atoms with Gasteiger partial charge in [-0.3, -0.25) is 9.48 Å². The van der Waals surface area contributed by atoms with Crippen molar-refractivity contribution in [2.45, 2.75) is 23.5 Å². The Bertz CT molecular complexity index is 663. The fourth-order valence-electron chi connectivity index (χ4n) is 1.89. The lowest BCUT2D eigenvalue weighted by atomic mass is 10.2. The van der Waals surface area contributed by atoms with Gasteiger partial charge in [0.1, 0.15) is 0 Å². The number of rotatable bonds is 6. The zero-order chi connectivity index (χ0) is 16.1. The minimum absolute atomic E-state index is 0.175. The topological polar surface area (TPSA) is 46.9 Å². The van der Waals surface area contributed by atoms with Gasteiger partial charge in [0.15, 0.2) is 0 Å². The Kier molecular flexibility index (Phi) is 5.79. The van der Waals surface area contributed by atoms with Crippen LogP contribution in [0.2, 0.25) is 5.02 Å². The zero-order valence-electron chi connectivity index (χ0n) is 11.7. The second-order valence-electron chi connectivity index (χ2n) is 4.57. The summed E-state index contributed by atoms with van der Waals surface area (Å²) in [6, 6.07) is 4.67. The van der Waals surface area contributed by atoms with Crippen molar-refractivity contribution < 1.29 is 13.6 Å². The fraction of sp³-hybridized carbons (Fsp3) is 0.286. The molecule has 2 rings (SSSR count). The first-order valence-corrected chi connectivity index (χ1v) is 7.72. The molecule has 118 valence electrons. The van der Waals surface area contributed by atoms with E-state index in [9.17, 15) is 13.6 Å². The number of thioether (sulfide) groups is 1. The average Bonchev–Trinajstić information content (AvgIpc) is 2.86. The molecule has 4 nitrogen and oxygen atoms in total. The molecule has 0 spiro atoms. The van der Waals surface area contributed by atoms with Crippen LogP contribution >= 0.6 is 23.4 Å². The first kappa shape index (κ1) is 16.8. The van der Waals surface area contributed by atoms with E-state index in [4.69, 9.17) is 11.6 Å². The summed E-state index contributed by atoms with van der Waals surface area (Å²) in [6.45, 7) is 0. The Balaban J connectivity index is 2.00. The maximum absolute atomic E-state index is 12.6. The van der Waals surface area contributed by atoms with Gasteiger partial charge in [0.2, 0.25) is 5.91 Å². The second kappa shape index (κ2) is 7.60. The molecule has 22 heavy (non-hydrogen) atoms. The summed E-state index contributed by atoms with van der Waals surface area (Å²) >= 11 is 6.23. The Morgan fingerprint density at radius 1 is 1.50 bits per heavy atom. The van der Waals surface area contributed by atoms with E-state index in [1.807, 2.05) is 6.20 Å². The molecule has 0 fully saturated rings. The van der Waals surface area contributed by atoms with Crippen LogP contribution in [0, 0.1) is 0 Å². The normalized spacial score (nSPS) is 11.0. The molecule has 1 aromatic carbocycles. The van der Waals surface area contributed by atoms with Crippen molar-refractivity contribution in [3.05, 3.63) is 41.2 Å². The van der Waals surface area contributed by atoms with E-state index >= 15 is 0 Å². The molecule has 1 N–H and O–H groups in total. The van der Waals surface area contributed by atoms with Crippen LogP contribution < -0.4 is 5.32 Å². The van der Waals surface area contributed by atoms with Gasteiger partial charge in [-0.05, 0) is 24.1 Å². The van der Waals surface area contributed by atoms with Crippen molar-refractivity contribution in [2.75, 3.05) is 5.32 Å². The molecule has 0 radical (unpaired) electrons. The molecule has 0 aliphatic heterocycles. The number of hydrogen-bond donors (Lipinski definition) is 1. The van der Waals surface area contributed by atoms with Crippen LogP contribution in [0.25, 0.3) is 0 Å². The highest BCUT2D eigenvalue weighted by atomic mass is 35.5. The largest absolute Gasteiger partial charge is 0.325 e. The summed E-state index contributed by atoms with van der Waals surface area (Å²) in [7, 11) is 1.80. The molecule has 1 aromatic heterocycles. The quantitative estimate of drug-likeness (QED) is 0.806. The lowest BCUT2D eigenvalue weighted by Crippen LogP contribution is -2.13. The van der Waals surface area contributed by atoms with Gasteiger partial charge in [-0.2, -0.15) is 13.9 Å². The summed E-state index contributed by atoms with van der Waals surface area (Å²) in [6.07, 6.45) is 4.27. The molecule has 2 aromatic rings. The van der Waals surface area contributed by atoms with Gasteiger partial charge in [-0.15, -0.1) is 0 Å². The number of carbonyl (C=O) groups is 1. The third-order valence-corrected chi connectivity index (χ3v) is 4.13. The van der Waals surface area contributed by atoms with E-state index in [-0.39, 0.29) is 22.2 Å². The predicted molar refractivity (Wildman–Crippen MR) is 83.5 cm³/mol. The molecule has 8 heteroatoms. The molecule has 0 saturated heterocycles. The van der Waals surface area contributed by atoms with Crippen LogP contribution in [-0.4, -0.2) is 21.4 Å². The maximum Gasteiger partial charge on any atom is 0.289 e. The number of carbonyl (C=O) groups excluding carboxylic acids is 1. The number of anilines is 1. The molecular weight excluding hydrogens is 332 g/mol. The van der Waals surface area contributed by atoms with Crippen LogP contribution in [0.3, 0.4) is 0 Å². The van der Waals surface area contributed by atoms with Crippen LogP contribution in [0.5, 0.6) is 0 Å². The molecule has 1 amide bonds. The molecule has 0 aliphatic rings. The van der Waals surface area contributed by atoms with Crippen LogP contribution in [0.4, 0.5) is 14.5 Å². The lowest BCUT2D eigenvalue weighted by molar-refractivity contribution is -0.116. The van der Waals surface area contributed by atoms with E-state index in [1.54, 1.807) is 30.1 Å². The van der Waals surface area contributed by atoms with E-state index in [2.05, 4.69) is 10.4 Å². The Morgan fingerprint density at radius 3 is 2.91 bits per heavy atom. The number of hydrogen-bond acceptors (Lipinski definition) is 3. The van der Waals surface area contributed by atoms with E-state index in [0.29, 0.717) is 23.9 Å². The summed E-state index contributed by atoms with van der Waals surface area (Å²) in [5, 5.41) is 6.84. The van der Waals surface area contributed by atoms with Crippen molar-refractivity contribution in [1.29, 1.82) is 0 Å². The maximum atomic E-state index is 12.6. The van der Waals surface area contributed by atoms with Gasteiger partial charge in [0.05, 0.1) is 21.8 Å². The van der Waals surface area contributed by atoms with Crippen molar-refractivity contribution in [2.24, 2.45) is 7.05 Å². The van der Waals surface area contributed by atoms with Gasteiger partial charge >= 0.3 is 0 Å². The molecule has 0 unspecified atom stereocenters. The van der Waals surface area contributed by atoms with Crippen molar-refractivity contribution in [3.8, 4) is 0 Å². The van der Waals surface area contributed by atoms with Crippen LogP contribution in [0.1, 0.15) is 12.0 Å². The average molecular weight is 346 g/mol. The van der Waals surface area contributed by atoms with Crippen molar-refractivity contribution >= 4 is 35.0 Å². The molecule has 0 aliphatic carbocycles. The van der Waals surface area contributed by atoms with Gasteiger partial charge in [0.25, 0.3) is 5.76 Å². The van der Waals surface area contributed by atoms with Crippen molar-refractivity contribution in [3.63, 3.8) is 0 Å². The van der Waals surface area contributed by atoms with E-state index in [1.165, 1.54) is 6.07 Å². The van der Waals surface area contributed by atoms with Crippen molar-refractivity contribution in [1.82, 2.24) is 9.78 Å². The highest BCUT2D eigenvalue weighted by Gasteiger charge is 2.15. The molecule has 1 heterocycles. The summed E-state index contributed by atoms with van der Waals surface area (Å²) in [5.41, 5.74) is 1.24. The monoisotopic (exact) mass is 345 g/mol.